The third-order valence-corrected chi connectivity index (χ3v) is 5.98. The van der Waals surface area contributed by atoms with Crippen LogP contribution in [-0.2, 0) is 16.1 Å². The van der Waals surface area contributed by atoms with Gasteiger partial charge < -0.3 is 23.8 Å². The molecule has 1 aromatic heterocycles. The molecule has 1 saturated heterocycles. The van der Waals surface area contributed by atoms with E-state index in [0.717, 1.165) is 5.56 Å². The summed E-state index contributed by atoms with van der Waals surface area (Å²) in [6.45, 7) is 3.94. The molecule has 154 valence electrons. The van der Waals surface area contributed by atoms with Gasteiger partial charge in [0.05, 0.1) is 17.4 Å². The van der Waals surface area contributed by atoms with Crippen LogP contribution < -0.4 is 14.2 Å². The molecule has 0 bridgehead atoms. The lowest BCUT2D eigenvalue weighted by molar-refractivity contribution is -0.149. The second kappa shape index (κ2) is 8.73. The zero-order valence-corrected chi connectivity index (χ0v) is 17.0. The van der Waals surface area contributed by atoms with Crippen molar-refractivity contribution in [1.29, 1.82) is 0 Å². The van der Waals surface area contributed by atoms with E-state index in [0.29, 0.717) is 61.3 Å². The van der Waals surface area contributed by atoms with Gasteiger partial charge in [0.1, 0.15) is 12.4 Å². The number of rotatable bonds is 6. The predicted octanol–water partition coefficient (Wildman–Crippen LogP) is 3.47. The van der Waals surface area contributed by atoms with E-state index in [1.165, 1.54) is 11.3 Å². The molecule has 4 rings (SSSR count). The maximum atomic E-state index is 12.8. The van der Waals surface area contributed by atoms with Crippen LogP contribution >= 0.6 is 11.3 Å². The summed E-state index contributed by atoms with van der Waals surface area (Å²) in [4.78, 5) is 27.1. The number of amides is 1. The van der Waals surface area contributed by atoms with Crippen molar-refractivity contribution in [2.45, 2.75) is 26.4 Å². The van der Waals surface area contributed by atoms with Crippen LogP contribution in [0.1, 0.15) is 35.0 Å². The molecule has 1 fully saturated rings. The maximum absolute atomic E-state index is 12.8. The average Bonchev–Trinajstić information content (AvgIpc) is 3.41. The second-order valence-corrected chi connectivity index (χ2v) is 7.85. The number of hydrogen-bond donors (Lipinski definition) is 0. The van der Waals surface area contributed by atoms with E-state index < -0.39 is 0 Å². The number of benzene rings is 1. The van der Waals surface area contributed by atoms with Gasteiger partial charge in [0.2, 0.25) is 6.79 Å². The fourth-order valence-electron chi connectivity index (χ4n) is 3.43. The van der Waals surface area contributed by atoms with Crippen molar-refractivity contribution >= 4 is 23.2 Å². The van der Waals surface area contributed by atoms with E-state index in [9.17, 15) is 9.59 Å². The lowest BCUT2D eigenvalue weighted by atomic mass is 9.97. The van der Waals surface area contributed by atoms with E-state index in [1.807, 2.05) is 28.5 Å². The van der Waals surface area contributed by atoms with Gasteiger partial charge in [-0.1, -0.05) is 0 Å². The van der Waals surface area contributed by atoms with Gasteiger partial charge in [-0.2, -0.15) is 0 Å². The molecule has 0 unspecified atom stereocenters. The second-order valence-electron chi connectivity index (χ2n) is 6.94. The third-order valence-electron chi connectivity index (χ3n) is 5.02. The molecule has 0 saturated carbocycles. The predicted molar refractivity (Wildman–Crippen MR) is 106 cm³/mol. The number of carbonyl (C=O) groups is 2. The third kappa shape index (κ3) is 4.48. The lowest BCUT2D eigenvalue weighted by Gasteiger charge is -2.30. The van der Waals surface area contributed by atoms with E-state index in [-0.39, 0.29) is 24.6 Å². The smallest absolute Gasteiger partial charge is 0.309 e. The summed E-state index contributed by atoms with van der Waals surface area (Å²) in [7, 11) is 0. The number of esters is 1. The summed E-state index contributed by atoms with van der Waals surface area (Å²) < 4.78 is 21.5. The van der Waals surface area contributed by atoms with Gasteiger partial charge in [-0.05, 0) is 43.3 Å². The summed E-state index contributed by atoms with van der Waals surface area (Å²) >= 11 is 1.41. The van der Waals surface area contributed by atoms with Crippen LogP contribution in [0.25, 0.3) is 0 Å². The lowest BCUT2D eigenvalue weighted by Crippen LogP contribution is -2.40. The molecule has 1 aromatic carbocycles. The summed E-state index contributed by atoms with van der Waals surface area (Å²) in [5.41, 5.74) is 0.942. The highest BCUT2D eigenvalue weighted by Crippen LogP contribution is 2.35. The molecule has 8 heteroatoms. The molecule has 29 heavy (non-hydrogen) atoms. The normalized spacial score (nSPS) is 16.0. The Balaban J connectivity index is 1.30. The molecule has 0 aliphatic carbocycles. The van der Waals surface area contributed by atoms with Crippen molar-refractivity contribution in [2.24, 2.45) is 5.92 Å². The Labute approximate surface area is 173 Å². The van der Waals surface area contributed by atoms with Crippen LogP contribution in [0.4, 0.5) is 0 Å². The first-order valence-corrected chi connectivity index (χ1v) is 10.6. The van der Waals surface area contributed by atoms with Crippen molar-refractivity contribution in [3.63, 3.8) is 0 Å². The van der Waals surface area contributed by atoms with Gasteiger partial charge in [-0.15, -0.1) is 11.3 Å². The average molecular weight is 417 g/mol. The van der Waals surface area contributed by atoms with E-state index in [1.54, 1.807) is 13.0 Å². The van der Waals surface area contributed by atoms with Gasteiger partial charge >= 0.3 is 5.97 Å². The molecular weight excluding hydrogens is 394 g/mol. The van der Waals surface area contributed by atoms with Crippen LogP contribution in [0.15, 0.2) is 29.6 Å². The molecule has 2 aliphatic heterocycles. The van der Waals surface area contributed by atoms with Crippen LogP contribution in [-0.4, -0.2) is 43.3 Å². The van der Waals surface area contributed by atoms with Crippen LogP contribution in [0, 0.1) is 5.92 Å². The number of hydrogen-bond acceptors (Lipinski definition) is 7. The van der Waals surface area contributed by atoms with Crippen molar-refractivity contribution in [1.82, 2.24) is 4.90 Å². The summed E-state index contributed by atoms with van der Waals surface area (Å²) in [5, 5.41) is 1.94. The summed E-state index contributed by atoms with van der Waals surface area (Å²) in [5.74, 6) is 1.83. The van der Waals surface area contributed by atoms with Crippen LogP contribution in [0.2, 0.25) is 0 Å². The Morgan fingerprint density at radius 3 is 2.76 bits per heavy atom. The summed E-state index contributed by atoms with van der Waals surface area (Å²) in [6.07, 6.45) is 1.30. The standard InChI is InChI=1S/C21H23NO6S/c1-2-25-21(24)15-5-7-22(8-6-15)20(23)19-9-14(12-29-19)11-26-16-3-4-17-18(10-16)28-13-27-17/h3-4,9-10,12,15H,2,5-8,11,13H2,1H3. The highest BCUT2D eigenvalue weighted by Gasteiger charge is 2.29. The van der Waals surface area contributed by atoms with E-state index in [2.05, 4.69) is 0 Å². The quantitative estimate of drug-likeness (QED) is 0.670. The Morgan fingerprint density at radius 1 is 1.17 bits per heavy atom. The molecule has 2 aliphatic rings. The molecule has 2 aromatic rings. The van der Waals surface area contributed by atoms with Gasteiger partial charge in [0.15, 0.2) is 11.5 Å². The molecule has 7 nitrogen and oxygen atoms in total. The minimum Gasteiger partial charge on any atom is -0.489 e. The fraction of sp³-hybridized carbons (Fsp3) is 0.429. The van der Waals surface area contributed by atoms with Crippen LogP contribution in [0.3, 0.4) is 0 Å². The maximum Gasteiger partial charge on any atom is 0.309 e. The van der Waals surface area contributed by atoms with Crippen molar-refractivity contribution in [3.05, 3.63) is 40.1 Å². The monoisotopic (exact) mass is 417 g/mol. The van der Waals surface area contributed by atoms with Crippen molar-refractivity contribution in [2.75, 3.05) is 26.5 Å². The number of thiophene rings is 1. The van der Waals surface area contributed by atoms with Crippen LogP contribution in [0.5, 0.6) is 17.2 Å². The number of carbonyl (C=O) groups excluding carboxylic acids is 2. The topological polar surface area (TPSA) is 74.3 Å². The van der Waals surface area contributed by atoms with Gasteiger partial charge in [-0.25, -0.2) is 0 Å². The Bertz CT molecular complexity index is 887. The largest absolute Gasteiger partial charge is 0.489 e. The van der Waals surface area contributed by atoms with Crippen molar-refractivity contribution in [3.8, 4) is 17.2 Å². The zero-order chi connectivity index (χ0) is 20.2. The number of ether oxygens (including phenoxy) is 4. The first-order chi connectivity index (χ1) is 14.1. The molecule has 1 amide bonds. The Kier molecular flexibility index (Phi) is 5.89. The number of fused-ring (bicyclic) bond motifs is 1. The minimum absolute atomic E-state index is 0.00615. The molecule has 0 atom stereocenters. The zero-order valence-electron chi connectivity index (χ0n) is 16.2. The van der Waals surface area contributed by atoms with E-state index in [4.69, 9.17) is 18.9 Å². The number of piperidine rings is 1. The number of likely N-dealkylation sites (tertiary alicyclic amines) is 1. The first kappa shape index (κ1) is 19.6. The van der Waals surface area contributed by atoms with Gasteiger partial charge in [-0.3, -0.25) is 9.59 Å². The highest BCUT2D eigenvalue weighted by atomic mass is 32.1. The summed E-state index contributed by atoms with van der Waals surface area (Å²) in [6, 6.07) is 7.33. The van der Waals surface area contributed by atoms with E-state index >= 15 is 0 Å². The molecule has 0 radical (unpaired) electrons. The fourth-order valence-corrected chi connectivity index (χ4v) is 4.29. The molecule has 3 heterocycles. The van der Waals surface area contributed by atoms with Crippen molar-refractivity contribution < 1.29 is 28.5 Å². The van der Waals surface area contributed by atoms with Gasteiger partial charge in [0, 0.05) is 24.7 Å². The molecular formula is C21H23NO6S. The minimum atomic E-state index is -0.154. The first-order valence-electron chi connectivity index (χ1n) is 9.70. The molecule has 0 N–H and O–H groups in total. The Hall–Kier alpha value is -2.74. The number of nitrogens with zero attached hydrogens (tertiary/aromatic N) is 1. The highest BCUT2D eigenvalue weighted by molar-refractivity contribution is 7.12. The SMILES string of the molecule is CCOC(=O)C1CCN(C(=O)c2cc(COc3ccc4c(c3)OCO4)cs2)CC1. The molecule has 0 spiro atoms. The Morgan fingerprint density at radius 2 is 1.97 bits per heavy atom. The van der Waals surface area contributed by atoms with Gasteiger partial charge in [0.25, 0.3) is 5.91 Å².